The third-order valence-electron chi connectivity index (χ3n) is 4.42. The monoisotopic (exact) mass is 375 g/mol. The van der Waals surface area contributed by atoms with Crippen molar-refractivity contribution in [2.75, 3.05) is 19.6 Å². The molecular formula is C18H25N5O2S. The summed E-state index contributed by atoms with van der Waals surface area (Å²) in [6.45, 7) is 5.95. The van der Waals surface area contributed by atoms with Crippen LogP contribution in [-0.4, -0.2) is 56.7 Å². The zero-order valence-corrected chi connectivity index (χ0v) is 16.0. The highest BCUT2D eigenvalue weighted by atomic mass is 32.1. The van der Waals surface area contributed by atoms with E-state index in [9.17, 15) is 9.90 Å². The van der Waals surface area contributed by atoms with Gasteiger partial charge in [0.15, 0.2) is 0 Å². The molecule has 7 nitrogen and oxygen atoms in total. The van der Waals surface area contributed by atoms with E-state index in [1.54, 1.807) is 18.6 Å². The van der Waals surface area contributed by atoms with Crippen molar-refractivity contribution in [3.05, 3.63) is 29.7 Å². The number of likely N-dealkylation sites (tertiary alicyclic amines) is 1. The smallest absolute Gasteiger partial charge is 0.317 e. The van der Waals surface area contributed by atoms with Crippen LogP contribution in [0, 0.1) is 5.41 Å². The van der Waals surface area contributed by atoms with Crippen molar-refractivity contribution in [2.24, 2.45) is 5.41 Å². The number of nitrogens with zero attached hydrogens (tertiary/aromatic N) is 4. The van der Waals surface area contributed by atoms with Crippen LogP contribution in [0.2, 0.25) is 0 Å². The number of aliphatic hydroxyl groups excluding tert-OH is 1. The largest absolute Gasteiger partial charge is 0.393 e. The number of aromatic nitrogens is 3. The van der Waals surface area contributed by atoms with Crippen LogP contribution in [0.1, 0.15) is 32.4 Å². The summed E-state index contributed by atoms with van der Waals surface area (Å²) < 4.78 is 0. The standard InChI is InChI=1S/C18H25N5O2S/c1-18(2)9-14(24)4-8-23(12-18)17(25)21-5-3-13-11-26-16(22-13)15-10-19-6-7-20-15/h6-7,10-11,14,24H,3-5,8-9,12H2,1-2H3,(H,21,25)/t14-/m1/s1. The van der Waals surface area contributed by atoms with Gasteiger partial charge in [-0.25, -0.2) is 9.78 Å². The fraction of sp³-hybridized carbons (Fsp3) is 0.556. The highest BCUT2D eigenvalue weighted by Crippen LogP contribution is 2.28. The molecule has 0 radical (unpaired) electrons. The van der Waals surface area contributed by atoms with Gasteiger partial charge in [-0.15, -0.1) is 11.3 Å². The van der Waals surface area contributed by atoms with E-state index in [1.807, 2.05) is 10.3 Å². The maximum Gasteiger partial charge on any atom is 0.317 e. The van der Waals surface area contributed by atoms with Crippen molar-refractivity contribution in [1.29, 1.82) is 0 Å². The lowest BCUT2D eigenvalue weighted by Gasteiger charge is -2.29. The van der Waals surface area contributed by atoms with Gasteiger partial charge in [0.25, 0.3) is 0 Å². The molecule has 26 heavy (non-hydrogen) atoms. The molecule has 0 saturated carbocycles. The molecule has 1 saturated heterocycles. The van der Waals surface area contributed by atoms with Crippen molar-refractivity contribution in [1.82, 2.24) is 25.2 Å². The van der Waals surface area contributed by atoms with E-state index in [1.165, 1.54) is 11.3 Å². The second kappa shape index (κ2) is 8.09. The lowest BCUT2D eigenvalue weighted by atomic mass is 9.87. The second-order valence-electron chi connectivity index (χ2n) is 7.45. The summed E-state index contributed by atoms with van der Waals surface area (Å²) >= 11 is 1.53. The molecule has 2 aromatic rings. The molecule has 2 aromatic heterocycles. The summed E-state index contributed by atoms with van der Waals surface area (Å²) in [5.41, 5.74) is 1.62. The van der Waals surface area contributed by atoms with Gasteiger partial charge >= 0.3 is 6.03 Å². The molecule has 1 aliphatic rings. The predicted molar refractivity (Wildman–Crippen MR) is 101 cm³/mol. The molecule has 2 amide bonds. The van der Waals surface area contributed by atoms with E-state index in [-0.39, 0.29) is 17.6 Å². The second-order valence-corrected chi connectivity index (χ2v) is 8.31. The van der Waals surface area contributed by atoms with E-state index in [0.29, 0.717) is 32.5 Å². The Bertz CT molecular complexity index is 734. The molecule has 0 unspecified atom stereocenters. The highest BCUT2D eigenvalue weighted by molar-refractivity contribution is 7.13. The van der Waals surface area contributed by atoms with E-state index in [0.717, 1.165) is 22.8 Å². The van der Waals surface area contributed by atoms with Gasteiger partial charge < -0.3 is 15.3 Å². The lowest BCUT2D eigenvalue weighted by molar-refractivity contribution is 0.121. The molecule has 1 aliphatic heterocycles. The summed E-state index contributed by atoms with van der Waals surface area (Å²) in [6.07, 6.45) is 6.66. The van der Waals surface area contributed by atoms with Gasteiger partial charge in [-0.1, -0.05) is 13.8 Å². The van der Waals surface area contributed by atoms with Crippen LogP contribution < -0.4 is 5.32 Å². The Labute approximate surface area is 157 Å². The quantitative estimate of drug-likeness (QED) is 0.856. The van der Waals surface area contributed by atoms with Crippen LogP contribution in [-0.2, 0) is 6.42 Å². The number of nitrogens with one attached hydrogen (secondary N) is 1. The topological polar surface area (TPSA) is 91.2 Å². The molecule has 3 rings (SSSR count). The maximum absolute atomic E-state index is 12.5. The highest BCUT2D eigenvalue weighted by Gasteiger charge is 2.31. The summed E-state index contributed by atoms with van der Waals surface area (Å²) in [7, 11) is 0. The molecule has 3 heterocycles. The summed E-state index contributed by atoms with van der Waals surface area (Å²) in [5, 5.41) is 15.8. The zero-order valence-electron chi connectivity index (χ0n) is 15.2. The number of urea groups is 1. The van der Waals surface area contributed by atoms with Crippen molar-refractivity contribution >= 4 is 17.4 Å². The number of rotatable bonds is 4. The Balaban J connectivity index is 1.50. The first-order valence-electron chi connectivity index (χ1n) is 8.85. The fourth-order valence-corrected chi connectivity index (χ4v) is 4.05. The van der Waals surface area contributed by atoms with Crippen LogP contribution in [0.25, 0.3) is 10.7 Å². The molecular weight excluding hydrogens is 350 g/mol. The average molecular weight is 375 g/mol. The third-order valence-corrected chi connectivity index (χ3v) is 5.33. The van der Waals surface area contributed by atoms with Crippen LogP contribution in [0.4, 0.5) is 4.79 Å². The molecule has 0 aliphatic carbocycles. The first-order chi connectivity index (χ1) is 12.4. The van der Waals surface area contributed by atoms with Crippen molar-refractivity contribution in [3.8, 4) is 10.7 Å². The van der Waals surface area contributed by atoms with Gasteiger partial charge in [0.05, 0.1) is 18.0 Å². The lowest BCUT2D eigenvalue weighted by Crippen LogP contribution is -2.44. The first kappa shape index (κ1) is 18.7. The van der Waals surface area contributed by atoms with E-state index in [2.05, 4.69) is 34.1 Å². The van der Waals surface area contributed by atoms with Gasteiger partial charge in [-0.05, 0) is 18.3 Å². The van der Waals surface area contributed by atoms with Gasteiger partial charge in [0.2, 0.25) is 0 Å². The Morgan fingerprint density at radius 3 is 3.08 bits per heavy atom. The third kappa shape index (κ3) is 4.98. The first-order valence-corrected chi connectivity index (χ1v) is 9.72. The molecule has 1 atom stereocenters. The number of hydrogen-bond donors (Lipinski definition) is 2. The minimum Gasteiger partial charge on any atom is -0.393 e. The summed E-state index contributed by atoms with van der Waals surface area (Å²) in [6, 6.07) is -0.0726. The van der Waals surface area contributed by atoms with Crippen LogP contribution in [0.3, 0.4) is 0 Å². The van der Waals surface area contributed by atoms with E-state index >= 15 is 0 Å². The minimum atomic E-state index is -0.336. The summed E-state index contributed by atoms with van der Waals surface area (Å²) in [4.78, 5) is 27.1. The zero-order chi connectivity index (χ0) is 18.6. The molecule has 2 N–H and O–H groups in total. The summed E-state index contributed by atoms with van der Waals surface area (Å²) in [5.74, 6) is 0. The Morgan fingerprint density at radius 2 is 2.31 bits per heavy atom. The fourth-order valence-electron chi connectivity index (χ4n) is 3.24. The van der Waals surface area contributed by atoms with E-state index in [4.69, 9.17) is 0 Å². The normalized spacial score (nSPS) is 19.8. The van der Waals surface area contributed by atoms with Crippen LogP contribution >= 0.6 is 11.3 Å². The van der Waals surface area contributed by atoms with Gasteiger partial charge in [-0.3, -0.25) is 9.97 Å². The number of amides is 2. The Hall–Kier alpha value is -2.06. The molecule has 8 heteroatoms. The SMILES string of the molecule is CC1(C)C[C@H](O)CCN(C(=O)NCCc2csc(-c3cnccn3)n2)C1. The number of carbonyl (C=O) groups is 1. The van der Waals surface area contributed by atoms with Gasteiger partial charge in [0, 0.05) is 43.8 Å². The van der Waals surface area contributed by atoms with Crippen LogP contribution in [0.5, 0.6) is 0 Å². The Kier molecular flexibility index (Phi) is 5.83. The maximum atomic E-state index is 12.5. The van der Waals surface area contributed by atoms with Crippen molar-refractivity contribution in [2.45, 2.75) is 39.2 Å². The molecule has 140 valence electrons. The number of aliphatic hydroxyl groups is 1. The predicted octanol–water partition coefficient (Wildman–Crippen LogP) is 2.34. The number of hydrogen-bond acceptors (Lipinski definition) is 6. The molecule has 0 spiro atoms. The van der Waals surface area contributed by atoms with Crippen LogP contribution in [0.15, 0.2) is 24.0 Å². The molecule has 0 bridgehead atoms. The number of carbonyl (C=O) groups excluding carboxylic acids is 1. The van der Waals surface area contributed by atoms with E-state index < -0.39 is 0 Å². The molecule has 0 aromatic carbocycles. The number of thiazole rings is 1. The van der Waals surface area contributed by atoms with Crippen molar-refractivity contribution < 1.29 is 9.90 Å². The van der Waals surface area contributed by atoms with Gasteiger partial charge in [0.1, 0.15) is 10.7 Å². The van der Waals surface area contributed by atoms with Crippen molar-refractivity contribution in [3.63, 3.8) is 0 Å². The average Bonchev–Trinajstić information content (AvgIpc) is 3.02. The Morgan fingerprint density at radius 1 is 1.46 bits per heavy atom. The van der Waals surface area contributed by atoms with Gasteiger partial charge in [-0.2, -0.15) is 0 Å². The molecule has 1 fully saturated rings. The minimum absolute atomic E-state index is 0.0726.